The first kappa shape index (κ1) is 10.2. The van der Waals surface area contributed by atoms with Gasteiger partial charge in [0.1, 0.15) is 0 Å². The van der Waals surface area contributed by atoms with Crippen molar-refractivity contribution in [2.45, 2.75) is 44.7 Å². The van der Waals surface area contributed by atoms with Gasteiger partial charge in [0.05, 0.1) is 6.04 Å². The summed E-state index contributed by atoms with van der Waals surface area (Å²) in [7, 11) is 0. The van der Waals surface area contributed by atoms with Crippen molar-refractivity contribution in [3.63, 3.8) is 0 Å². The van der Waals surface area contributed by atoms with Gasteiger partial charge in [-0.15, -0.1) is 0 Å². The predicted molar refractivity (Wildman–Crippen MR) is 68.0 cm³/mol. The number of nitrogens with one attached hydrogen (secondary N) is 2. The van der Waals surface area contributed by atoms with Crippen LogP contribution in [0.1, 0.15) is 37.3 Å². The van der Waals surface area contributed by atoms with Crippen molar-refractivity contribution in [1.29, 1.82) is 0 Å². The van der Waals surface area contributed by atoms with Crippen molar-refractivity contribution in [3.05, 3.63) is 29.3 Å². The molecule has 2 nitrogen and oxygen atoms in total. The maximum Gasteiger partial charge on any atom is 0.0507 e. The first-order valence-electron chi connectivity index (χ1n) is 6.20. The average Bonchev–Trinajstić information content (AvgIpc) is 2.57. The Labute approximate surface area is 97.4 Å². The smallest absolute Gasteiger partial charge is 0.0507 e. The lowest BCUT2D eigenvalue weighted by Gasteiger charge is -2.41. The lowest BCUT2D eigenvalue weighted by Crippen LogP contribution is -2.57. The molecule has 2 N–H and O–H groups in total. The Morgan fingerprint density at radius 3 is 2.94 bits per heavy atom. The number of piperidine rings is 1. The fourth-order valence-corrected chi connectivity index (χ4v) is 3.23. The van der Waals surface area contributed by atoms with Crippen molar-refractivity contribution in [2.75, 3.05) is 11.9 Å². The van der Waals surface area contributed by atoms with Gasteiger partial charge in [0.15, 0.2) is 0 Å². The van der Waals surface area contributed by atoms with E-state index in [-0.39, 0.29) is 5.54 Å². The van der Waals surface area contributed by atoms with E-state index in [4.69, 9.17) is 0 Å². The summed E-state index contributed by atoms with van der Waals surface area (Å²) < 4.78 is 0. The molecule has 0 bridgehead atoms. The van der Waals surface area contributed by atoms with Gasteiger partial charge >= 0.3 is 0 Å². The monoisotopic (exact) mass is 216 g/mol. The molecule has 0 aromatic heterocycles. The summed E-state index contributed by atoms with van der Waals surface area (Å²) in [5, 5.41) is 7.32. The Morgan fingerprint density at radius 2 is 2.12 bits per heavy atom. The third-order valence-electron chi connectivity index (χ3n) is 4.14. The third kappa shape index (κ3) is 1.36. The Balaban J connectivity index is 2.03. The normalized spacial score (nSPS) is 30.4. The highest BCUT2D eigenvalue weighted by Crippen LogP contribution is 2.44. The second kappa shape index (κ2) is 3.24. The largest absolute Gasteiger partial charge is 0.380 e. The summed E-state index contributed by atoms with van der Waals surface area (Å²) in [6, 6.07) is 7.36. The van der Waals surface area contributed by atoms with Gasteiger partial charge in [-0.2, -0.15) is 0 Å². The Morgan fingerprint density at radius 1 is 1.31 bits per heavy atom. The van der Waals surface area contributed by atoms with E-state index in [1.165, 1.54) is 23.2 Å². The van der Waals surface area contributed by atoms with Crippen LogP contribution >= 0.6 is 0 Å². The predicted octanol–water partition coefficient (Wildman–Crippen LogP) is 2.64. The minimum atomic E-state index is 0.190. The van der Waals surface area contributed by atoms with Gasteiger partial charge in [-0.25, -0.2) is 0 Å². The molecule has 0 radical (unpaired) electrons. The Hall–Kier alpha value is -1.02. The summed E-state index contributed by atoms with van der Waals surface area (Å²) in [5.41, 5.74) is 4.41. The van der Waals surface area contributed by atoms with Gasteiger partial charge in [-0.1, -0.05) is 12.1 Å². The van der Waals surface area contributed by atoms with Crippen molar-refractivity contribution < 1.29 is 0 Å². The summed E-state index contributed by atoms with van der Waals surface area (Å²) in [5.74, 6) is 0.687. The number of aryl methyl sites for hydroxylation is 1. The fraction of sp³-hybridized carbons (Fsp3) is 0.571. The van der Waals surface area contributed by atoms with Gasteiger partial charge in [0.25, 0.3) is 0 Å². The molecule has 0 spiro atoms. The Bertz CT molecular complexity index is 423. The summed E-state index contributed by atoms with van der Waals surface area (Å²) in [6.07, 6.45) is 1.25. The minimum Gasteiger partial charge on any atom is -0.380 e. The maximum absolute atomic E-state index is 3.70. The molecular formula is C14H20N2. The lowest BCUT2D eigenvalue weighted by atomic mass is 9.78. The quantitative estimate of drug-likeness (QED) is 0.696. The van der Waals surface area contributed by atoms with E-state index in [0.29, 0.717) is 12.0 Å². The SMILES string of the molecule is Cc1ccc2c(c1)NC1C2CCNC1(C)C. The van der Waals surface area contributed by atoms with E-state index in [9.17, 15) is 0 Å². The van der Waals surface area contributed by atoms with Gasteiger partial charge in [-0.05, 0) is 50.9 Å². The summed E-state index contributed by atoms with van der Waals surface area (Å²) in [4.78, 5) is 0. The molecule has 1 fully saturated rings. The van der Waals surface area contributed by atoms with E-state index < -0.39 is 0 Å². The van der Waals surface area contributed by atoms with Crippen LogP contribution < -0.4 is 10.6 Å². The fourth-order valence-electron chi connectivity index (χ4n) is 3.23. The highest BCUT2D eigenvalue weighted by Gasteiger charge is 2.43. The molecule has 0 saturated carbocycles. The molecule has 2 aliphatic heterocycles. The van der Waals surface area contributed by atoms with Gasteiger partial charge in [0, 0.05) is 17.1 Å². The van der Waals surface area contributed by atoms with Crippen LogP contribution in [0.15, 0.2) is 18.2 Å². The second-order valence-electron chi connectivity index (χ2n) is 5.76. The molecule has 2 heteroatoms. The van der Waals surface area contributed by atoms with Gasteiger partial charge in [0.2, 0.25) is 0 Å². The molecule has 3 rings (SSSR count). The first-order valence-corrected chi connectivity index (χ1v) is 6.20. The number of anilines is 1. The molecule has 2 heterocycles. The zero-order valence-electron chi connectivity index (χ0n) is 10.3. The standard InChI is InChI=1S/C14H20N2/c1-9-4-5-10-11-6-7-15-14(2,3)13(11)16-12(10)8-9/h4-5,8,11,13,15-16H,6-7H2,1-3H3. The molecule has 2 atom stereocenters. The molecule has 86 valence electrons. The van der Waals surface area contributed by atoms with Crippen molar-refractivity contribution in [1.82, 2.24) is 5.32 Å². The number of hydrogen-bond acceptors (Lipinski definition) is 2. The molecule has 2 aliphatic rings. The van der Waals surface area contributed by atoms with Crippen LogP contribution in [-0.4, -0.2) is 18.1 Å². The van der Waals surface area contributed by atoms with Crippen molar-refractivity contribution in [3.8, 4) is 0 Å². The molecule has 1 saturated heterocycles. The van der Waals surface area contributed by atoms with Gasteiger partial charge in [-0.3, -0.25) is 0 Å². The van der Waals surface area contributed by atoms with Crippen LogP contribution in [0.25, 0.3) is 0 Å². The van der Waals surface area contributed by atoms with E-state index in [1.807, 2.05) is 0 Å². The van der Waals surface area contributed by atoms with Gasteiger partial charge < -0.3 is 10.6 Å². The number of hydrogen-bond donors (Lipinski definition) is 2. The summed E-state index contributed by atoms with van der Waals surface area (Å²) >= 11 is 0. The van der Waals surface area contributed by atoms with Crippen LogP contribution in [0, 0.1) is 6.92 Å². The van der Waals surface area contributed by atoms with Crippen LogP contribution in [0.3, 0.4) is 0 Å². The molecule has 1 aromatic carbocycles. The van der Waals surface area contributed by atoms with Crippen molar-refractivity contribution >= 4 is 5.69 Å². The number of fused-ring (bicyclic) bond motifs is 3. The van der Waals surface area contributed by atoms with E-state index in [0.717, 1.165) is 6.54 Å². The van der Waals surface area contributed by atoms with Crippen LogP contribution in [-0.2, 0) is 0 Å². The molecule has 2 unspecified atom stereocenters. The summed E-state index contributed by atoms with van der Waals surface area (Å²) in [6.45, 7) is 7.89. The third-order valence-corrected chi connectivity index (χ3v) is 4.14. The molecule has 16 heavy (non-hydrogen) atoms. The van der Waals surface area contributed by atoms with Crippen LogP contribution in [0.4, 0.5) is 5.69 Å². The zero-order valence-corrected chi connectivity index (χ0v) is 10.3. The van der Waals surface area contributed by atoms with E-state index >= 15 is 0 Å². The second-order valence-corrected chi connectivity index (χ2v) is 5.76. The maximum atomic E-state index is 3.70. The lowest BCUT2D eigenvalue weighted by molar-refractivity contribution is 0.256. The topological polar surface area (TPSA) is 24.1 Å². The Kier molecular flexibility index (Phi) is 2.05. The van der Waals surface area contributed by atoms with Crippen LogP contribution in [0.2, 0.25) is 0 Å². The molecule has 0 aliphatic carbocycles. The molecule has 1 aromatic rings. The van der Waals surface area contributed by atoms with E-state index in [1.54, 1.807) is 0 Å². The zero-order chi connectivity index (χ0) is 11.3. The first-order chi connectivity index (χ1) is 7.58. The molecule has 0 amide bonds. The number of benzene rings is 1. The highest BCUT2D eigenvalue weighted by molar-refractivity contribution is 5.62. The van der Waals surface area contributed by atoms with E-state index in [2.05, 4.69) is 49.6 Å². The number of rotatable bonds is 0. The highest BCUT2D eigenvalue weighted by atomic mass is 15.1. The molecular weight excluding hydrogens is 196 g/mol. The minimum absolute atomic E-state index is 0.190. The van der Waals surface area contributed by atoms with Crippen LogP contribution in [0.5, 0.6) is 0 Å². The van der Waals surface area contributed by atoms with Crippen molar-refractivity contribution in [2.24, 2.45) is 0 Å². The average molecular weight is 216 g/mol.